The van der Waals surface area contributed by atoms with Crippen LogP contribution < -0.4 is 14.8 Å². The number of methoxy groups -OCH3 is 1. The number of amidine groups is 1. The quantitative estimate of drug-likeness (QED) is 0.657. The van der Waals surface area contributed by atoms with Gasteiger partial charge in [-0.15, -0.1) is 0 Å². The summed E-state index contributed by atoms with van der Waals surface area (Å²) in [6.45, 7) is 0.598. The molecule has 2 atom stereocenters. The Morgan fingerprint density at radius 1 is 1.09 bits per heavy atom. The van der Waals surface area contributed by atoms with Crippen molar-refractivity contribution >= 4 is 23.3 Å². The number of aromatic nitrogens is 1. The summed E-state index contributed by atoms with van der Waals surface area (Å²) in [6.07, 6.45) is -11.1. The molecule has 1 aliphatic rings. The number of hydrogen-bond acceptors (Lipinski definition) is 5. The number of rotatable bonds is 4. The van der Waals surface area contributed by atoms with Crippen LogP contribution in [0.3, 0.4) is 0 Å². The second kappa shape index (κ2) is 8.15. The number of amides is 1. The molecule has 1 aromatic heterocycles. The van der Waals surface area contributed by atoms with E-state index in [1.165, 1.54) is 25.4 Å². The largest absolute Gasteiger partial charge is 0.495 e. The van der Waals surface area contributed by atoms with Gasteiger partial charge in [-0.1, -0.05) is 11.6 Å². The molecule has 0 fully saturated rings. The summed E-state index contributed by atoms with van der Waals surface area (Å²) < 4.78 is 91.2. The van der Waals surface area contributed by atoms with Crippen molar-refractivity contribution in [3.05, 3.63) is 52.8 Å². The van der Waals surface area contributed by atoms with Crippen LogP contribution in [-0.2, 0) is 11.0 Å². The molecule has 32 heavy (non-hydrogen) atoms. The van der Waals surface area contributed by atoms with Crippen LogP contribution in [0.25, 0.3) is 0 Å². The van der Waals surface area contributed by atoms with Crippen molar-refractivity contribution < 1.29 is 40.6 Å². The van der Waals surface area contributed by atoms with Gasteiger partial charge in [0.15, 0.2) is 5.84 Å². The van der Waals surface area contributed by atoms with Crippen LogP contribution in [0.4, 0.5) is 26.3 Å². The molecule has 0 bridgehead atoms. The summed E-state index contributed by atoms with van der Waals surface area (Å²) in [5.74, 6) is -2.07. The molecule has 0 aliphatic carbocycles. The Kier molecular flexibility index (Phi) is 6.02. The molecule has 0 saturated heterocycles. The molecule has 6 nitrogen and oxygen atoms in total. The van der Waals surface area contributed by atoms with Crippen molar-refractivity contribution in [1.82, 2.24) is 10.3 Å². The highest BCUT2D eigenvalue weighted by Gasteiger charge is 2.62. The molecule has 13 heteroatoms. The zero-order valence-corrected chi connectivity index (χ0v) is 17.1. The Balaban J connectivity index is 2.03. The normalized spacial score (nSPS) is 21.6. The van der Waals surface area contributed by atoms with Crippen molar-refractivity contribution in [2.45, 2.75) is 30.9 Å². The average molecular weight is 482 g/mol. The Hall–Kier alpha value is -3.02. The van der Waals surface area contributed by atoms with Gasteiger partial charge in [0.2, 0.25) is 11.6 Å². The summed E-state index contributed by atoms with van der Waals surface area (Å²) in [7, 11) is 1.36. The van der Waals surface area contributed by atoms with Crippen LogP contribution in [0.2, 0.25) is 5.02 Å². The van der Waals surface area contributed by atoms with Gasteiger partial charge >= 0.3 is 12.4 Å². The van der Waals surface area contributed by atoms with E-state index in [-0.39, 0.29) is 5.69 Å². The molecule has 0 spiro atoms. The van der Waals surface area contributed by atoms with Crippen molar-refractivity contribution in [3.8, 4) is 11.5 Å². The highest BCUT2D eigenvalue weighted by Crippen LogP contribution is 2.41. The minimum Gasteiger partial charge on any atom is -0.495 e. The van der Waals surface area contributed by atoms with Gasteiger partial charge in [-0.25, -0.2) is 9.98 Å². The van der Waals surface area contributed by atoms with Gasteiger partial charge in [0, 0.05) is 0 Å². The number of nitrogens with zero attached hydrogens (tertiary/aromatic N) is 2. The summed E-state index contributed by atoms with van der Waals surface area (Å²) in [5, 5.41) is 1.48. The van der Waals surface area contributed by atoms with Gasteiger partial charge in [-0.05, 0) is 37.3 Å². The molecule has 2 heterocycles. The lowest BCUT2D eigenvalue weighted by Gasteiger charge is -2.38. The number of alkyl halides is 6. The molecular weight excluding hydrogens is 468 g/mol. The predicted molar refractivity (Wildman–Crippen MR) is 101 cm³/mol. The molecule has 1 amide bonds. The SMILES string of the molecule is COc1ccc(C2=NC(C)(C(F)(F)F)C(Oc3ccc(Cl)c(C(F)(F)F)c3)C(=O)N2)nc1. The highest BCUT2D eigenvalue weighted by atomic mass is 35.5. The lowest BCUT2D eigenvalue weighted by molar-refractivity contribution is -0.204. The Morgan fingerprint density at radius 2 is 1.75 bits per heavy atom. The number of nitrogens with one attached hydrogen (secondary N) is 1. The first-order chi connectivity index (χ1) is 14.8. The Labute approximate surface area is 182 Å². The van der Waals surface area contributed by atoms with E-state index in [9.17, 15) is 31.1 Å². The number of benzene rings is 1. The van der Waals surface area contributed by atoms with Crippen LogP contribution >= 0.6 is 11.6 Å². The number of aliphatic imine (C=N–C) groups is 1. The van der Waals surface area contributed by atoms with Crippen molar-refractivity contribution in [1.29, 1.82) is 0 Å². The number of ether oxygens (including phenoxy) is 2. The number of halogens is 7. The molecule has 3 rings (SSSR count). The van der Waals surface area contributed by atoms with E-state index in [2.05, 4.69) is 15.3 Å². The average Bonchev–Trinajstić information content (AvgIpc) is 2.70. The van der Waals surface area contributed by atoms with E-state index < -0.39 is 52.1 Å². The standard InChI is InChI=1S/C19H14ClF6N3O3/c1-17(19(24,25)26)14(32-9-3-5-12(20)11(7-9)18(21,22)23)16(30)28-15(29-17)13-6-4-10(31-2)8-27-13/h3-8,14H,1-2H3,(H,28,29,30). The molecule has 0 radical (unpaired) electrons. The fourth-order valence-electron chi connectivity index (χ4n) is 2.83. The van der Waals surface area contributed by atoms with Gasteiger partial charge in [-0.2, -0.15) is 26.3 Å². The minimum atomic E-state index is -5.10. The fraction of sp³-hybridized carbons (Fsp3) is 0.316. The fourth-order valence-corrected chi connectivity index (χ4v) is 3.05. The van der Waals surface area contributed by atoms with Gasteiger partial charge in [0.25, 0.3) is 5.91 Å². The molecule has 1 N–H and O–H groups in total. The summed E-state index contributed by atoms with van der Waals surface area (Å²) in [6, 6.07) is 4.82. The maximum absolute atomic E-state index is 14.0. The third-order valence-electron chi connectivity index (χ3n) is 4.62. The number of pyridine rings is 1. The molecule has 2 aromatic rings. The van der Waals surface area contributed by atoms with Crippen molar-refractivity contribution in [3.63, 3.8) is 0 Å². The molecule has 1 aromatic carbocycles. The van der Waals surface area contributed by atoms with Gasteiger partial charge in [-0.3, -0.25) is 4.79 Å². The lowest BCUT2D eigenvalue weighted by Crippen LogP contribution is -2.64. The molecule has 1 aliphatic heterocycles. The second-order valence-corrected chi connectivity index (χ2v) is 7.22. The zero-order valence-electron chi connectivity index (χ0n) is 16.3. The van der Waals surface area contributed by atoms with E-state index in [0.29, 0.717) is 18.7 Å². The van der Waals surface area contributed by atoms with Crippen molar-refractivity contribution in [2.24, 2.45) is 4.99 Å². The van der Waals surface area contributed by atoms with Crippen LogP contribution in [0.5, 0.6) is 11.5 Å². The molecule has 0 saturated carbocycles. The molecule has 172 valence electrons. The summed E-state index contributed by atoms with van der Waals surface area (Å²) in [5.41, 5.74) is -4.54. The first-order valence-corrected chi connectivity index (χ1v) is 9.15. The third kappa shape index (κ3) is 4.45. The van der Waals surface area contributed by atoms with E-state index in [4.69, 9.17) is 21.1 Å². The topological polar surface area (TPSA) is 72.8 Å². The van der Waals surface area contributed by atoms with Crippen molar-refractivity contribution in [2.75, 3.05) is 7.11 Å². The van der Waals surface area contributed by atoms with E-state index in [1.807, 2.05) is 0 Å². The second-order valence-electron chi connectivity index (χ2n) is 6.82. The Morgan fingerprint density at radius 3 is 2.28 bits per heavy atom. The van der Waals surface area contributed by atoms with Gasteiger partial charge < -0.3 is 14.8 Å². The minimum absolute atomic E-state index is 0.0843. The number of carbonyl (C=O) groups is 1. The smallest absolute Gasteiger partial charge is 0.417 e. The van der Waals surface area contributed by atoms with Crippen LogP contribution in [0.15, 0.2) is 41.5 Å². The number of hydrogen-bond donors (Lipinski definition) is 1. The number of carbonyl (C=O) groups excluding carboxylic acids is 1. The van der Waals surface area contributed by atoms with E-state index >= 15 is 0 Å². The summed E-state index contributed by atoms with van der Waals surface area (Å²) >= 11 is 5.52. The van der Waals surface area contributed by atoms with Crippen LogP contribution in [-0.4, -0.2) is 41.7 Å². The third-order valence-corrected chi connectivity index (χ3v) is 4.95. The van der Waals surface area contributed by atoms with Gasteiger partial charge in [0.1, 0.15) is 17.2 Å². The first-order valence-electron chi connectivity index (χ1n) is 8.77. The summed E-state index contributed by atoms with van der Waals surface area (Å²) in [4.78, 5) is 20.1. The van der Waals surface area contributed by atoms with Crippen LogP contribution in [0, 0.1) is 0 Å². The maximum atomic E-state index is 14.0. The van der Waals surface area contributed by atoms with Gasteiger partial charge in [0.05, 0.1) is 23.9 Å². The lowest BCUT2D eigenvalue weighted by atomic mass is 9.91. The first kappa shape index (κ1) is 23.6. The van der Waals surface area contributed by atoms with E-state index in [1.54, 1.807) is 0 Å². The highest BCUT2D eigenvalue weighted by molar-refractivity contribution is 6.31. The monoisotopic (exact) mass is 481 g/mol. The predicted octanol–water partition coefficient (Wildman–Crippen LogP) is 4.41. The van der Waals surface area contributed by atoms with Crippen LogP contribution in [0.1, 0.15) is 18.2 Å². The molecular formula is C19H14ClF6N3O3. The molecule has 2 unspecified atom stereocenters. The zero-order chi connectivity index (χ0) is 23.9. The maximum Gasteiger partial charge on any atom is 0.417 e. The van der Waals surface area contributed by atoms with E-state index in [0.717, 1.165) is 12.1 Å². The Bertz CT molecular complexity index is 1060.